The molecule has 47 heavy (non-hydrogen) atoms. The van der Waals surface area contributed by atoms with Crippen molar-refractivity contribution in [3.05, 3.63) is 57.6 Å². The van der Waals surface area contributed by atoms with Crippen molar-refractivity contribution in [2.24, 2.45) is 0 Å². The first-order chi connectivity index (χ1) is 21.8. The number of aliphatic hydroxyl groups is 1. The fourth-order valence-electron chi connectivity index (χ4n) is 4.88. The molecule has 0 radical (unpaired) electrons. The van der Waals surface area contributed by atoms with Crippen LogP contribution < -0.4 is 9.47 Å². The molecule has 2 amide bonds. The van der Waals surface area contributed by atoms with Crippen molar-refractivity contribution in [3.63, 3.8) is 0 Å². The first-order valence-electron chi connectivity index (χ1n) is 15.9. The first-order valence-corrected chi connectivity index (χ1v) is 16.7. The van der Waals surface area contributed by atoms with E-state index in [9.17, 15) is 19.5 Å². The van der Waals surface area contributed by atoms with Crippen LogP contribution in [-0.4, -0.2) is 84.5 Å². The predicted octanol–water partition coefficient (Wildman–Crippen LogP) is 7.57. The molecule has 0 spiro atoms. The van der Waals surface area contributed by atoms with Gasteiger partial charge >= 0.3 is 12.2 Å². The summed E-state index contributed by atoms with van der Waals surface area (Å²) in [4.78, 5) is 37.8. The Hall–Kier alpha value is -3.31. The predicted molar refractivity (Wildman–Crippen MR) is 186 cm³/mol. The van der Waals surface area contributed by atoms with Gasteiger partial charge in [0, 0.05) is 44.6 Å². The van der Waals surface area contributed by atoms with E-state index < -0.39 is 16.8 Å². The Kier molecular flexibility index (Phi) is 14.6. The van der Waals surface area contributed by atoms with Gasteiger partial charge in [-0.3, -0.25) is 4.79 Å². The number of carbonyl (C=O) groups excluding carboxylic acids is 3. The summed E-state index contributed by atoms with van der Waals surface area (Å²) in [6, 6.07) is 11.8. The summed E-state index contributed by atoms with van der Waals surface area (Å²) in [5.74, 6) is 1.79. The average Bonchev–Trinajstić information content (AvgIpc) is 2.97. The number of benzene rings is 2. The third-order valence-electron chi connectivity index (χ3n) is 7.38. The van der Waals surface area contributed by atoms with Crippen molar-refractivity contribution in [2.45, 2.75) is 97.9 Å². The molecule has 2 saturated heterocycles. The van der Waals surface area contributed by atoms with Crippen LogP contribution in [0.3, 0.4) is 0 Å². The molecule has 262 valence electrons. The Bertz CT molecular complexity index is 1350. The number of aryl methyl sites for hydroxylation is 2. The second kappa shape index (κ2) is 17.2. The smallest absolute Gasteiger partial charge is 0.410 e. The maximum atomic E-state index is 12.1. The lowest BCUT2D eigenvalue weighted by atomic mass is 9.83. The Morgan fingerprint density at radius 3 is 1.60 bits per heavy atom. The van der Waals surface area contributed by atoms with E-state index in [1.54, 1.807) is 24.0 Å². The van der Waals surface area contributed by atoms with Crippen LogP contribution in [-0.2, 0) is 19.9 Å². The normalized spacial score (nSPS) is 16.1. The van der Waals surface area contributed by atoms with Crippen LogP contribution >= 0.6 is 15.9 Å². The molecule has 0 aliphatic carbocycles. The van der Waals surface area contributed by atoms with Gasteiger partial charge in [-0.05, 0) is 114 Å². The van der Waals surface area contributed by atoms with Crippen molar-refractivity contribution >= 4 is 33.9 Å². The van der Waals surface area contributed by atoms with Gasteiger partial charge in [-0.15, -0.1) is 0 Å². The van der Waals surface area contributed by atoms with Gasteiger partial charge in [-0.1, -0.05) is 17.7 Å². The molecule has 2 heterocycles. The number of amides is 2. The summed E-state index contributed by atoms with van der Waals surface area (Å²) in [6.45, 7) is 17.0. The Morgan fingerprint density at radius 2 is 1.17 bits per heavy atom. The standard InChI is InChI=1S/C18H27NO4.C10H17NO3.C8H9BrO/c1-13-6-7-15(22-5)14(12-13)18(21)8-10-19(11-9-18)16(20)23-17(2,3)4;1-10(2,3)14-9(13)11-6-4-8(12)5-7-11;1-6-3-4-8(10-2)7(9)5-6/h6-7,12,21H,8-11H2,1-5H3;4-7H2,1-3H3;3-5H,1-2H3. The first kappa shape index (κ1) is 39.9. The fourth-order valence-corrected chi connectivity index (χ4v) is 5.53. The van der Waals surface area contributed by atoms with Crippen LogP contribution in [0.15, 0.2) is 40.9 Å². The molecule has 2 aliphatic rings. The minimum Gasteiger partial charge on any atom is -0.496 e. The lowest BCUT2D eigenvalue weighted by Gasteiger charge is -2.39. The number of rotatable bonds is 3. The van der Waals surface area contributed by atoms with Crippen molar-refractivity contribution < 1.29 is 38.4 Å². The summed E-state index contributed by atoms with van der Waals surface area (Å²) in [5.41, 5.74) is 1.15. The van der Waals surface area contributed by atoms with Crippen molar-refractivity contribution in [2.75, 3.05) is 40.4 Å². The van der Waals surface area contributed by atoms with Gasteiger partial charge in [0.05, 0.1) is 24.3 Å². The van der Waals surface area contributed by atoms with Gasteiger partial charge in [-0.2, -0.15) is 0 Å². The molecular weight excluding hydrogens is 668 g/mol. The highest BCUT2D eigenvalue weighted by Crippen LogP contribution is 2.39. The number of ether oxygens (including phenoxy) is 4. The van der Waals surface area contributed by atoms with Crippen LogP contribution in [0, 0.1) is 13.8 Å². The maximum absolute atomic E-state index is 12.1. The third kappa shape index (κ3) is 13.4. The fraction of sp³-hybridized carbons (Fsp3) is 0.583. The van der Waals surface area contributed by atoms with E-state index >= 15 is 0 Å². The van der Waals surface area contributed by atoms with Crippen LogP contribution in [0.2, 0.25) is 0 Å². The highest BCUT2D eigenvalue weighted by atomic mass is 79.9. The number of halogens is 1. The minimum absolute atomic E-state index is 0.227. The van der Waals surface area contributed by atoms with Crippen LogP contribution in [0.25, 0.3) is 0 Å². The number of carbonyl (C=O) groups is 3. The second-order valence-electron chi connectivity index (χ2n) is 13.8. The summed E-state index contributed by atoms with van der Waals surface area (Å²) in [7, 11) is 3.27. The molecule has 0 atom stereocenters. The number of ketones is 1. The van der Waals surface area contributed by atoms with Gasteiger partial charge in [0.2, 0.25) is 0 Å². The van der Waals surface area contributed by atoms with Crippen molar-refractivity contribution in [1.29, 1.82) is 0 Å². The molecule has 2 fully saturated rings. The van der Waals surface area contributed by atoms with Crippen LogP contribution in [0.4, 0.5) is 9.59 Å². The summed E-state index contributed by atoms with van der Waals surface area (Å²) >= 11 is 3.38. The molecular formula is C36H53BrN2O8. The van der Waals surface area contributed by atoms with Crippen molar-refractivity contribution in [3.8, 4) is 11.5 Å². The zero-order valence-corrected chi connectivity index (χ0v) is 31.3. The van der Waals surface area contributed by atoms with E-state index in [4.69, 9.17) is 18.9 Å². The molecule has 0 aromatic heterocycles. The molecule has 10 nitrogen and oxygen atoms in total. The van der Waals surface area contributed by atoms with Gasteiger partial charge < -0.3 is 33.9 Å². The molecule has 0 unspecified atom stereocenters. The Labute approximate surface area is 288 Å². The molecule has 2 aromatic rings. The lowest BCUT2D eigenvalue weighted by molar-refractivity contribution is -0.121. The minimum atomic E-state index is -0.976. The maximum Gasteiger partial charge on any atom is 0.410 e. The highest BCUT2D eigenvalue weighted by Gasteiger charge is 2.38. The average molecular weight is 722 g/mol. The summed E-state index contributed by atoms with van der Waals surface area (Å²) in [5, 5.41) is 11.1. The number of hydrogen-bond acceptors (Lipinski definition) is 8. The van der Waals surface area contributed by atoms with E-state index in [1.165, 1.54) is 5.56 Å². The number of hydrogen-bond donors (Lipinski definition) is 1. The topological polar surface area (TPSA) is 115 Å². The highest BCUT2D eigenvalue weighted by molar-refractivity contribution is 9.10. The Balaban J connectivity index is 0.000000271. The molecule has 0 saturated carbocycles. The van der Waals surface area contributed by atoms with E-state index in [-0.39, 0.29) is 18.0 Å². The number of nitrogens with zero attached hydrogens (tertiary/aromatic N) is 2. The van der Waals surface area contributed by atoms with Gasteiger partial charge in [0.25, 0.3) is 0 Å². The van der Waals surface area contributed by atoms with E-state index in [0.717, 1.165) is 21.3 Å². The quantitative estimate of drug-likeness (QED) is 0.345. The largest absolute Gasteiger partial charge is 0.496 e. The number of likely N-dealkylation sites (tertiary alicyclic amines) is 2. The SMILES string of the molecule is CC(C)(C)OC(=O)N1CCC(=O)CC1.COc1ccc(C)cc1Br.COc1ccc(C)cc1C1(O)CCN(C(=O)OC(C)(C)C)CC1. The summed E-state index contributed by atoms with van der Waals surface area (Å²) < 4.78 is 22.0. The monoisotopic (exact) mass is 720 g/mol. The third-order valence-corrected chi connectivity index (χ3v) is 8.00. The number of methoxy groups -OCH3 is 2. The molecule has 4 rings (SSSR count). The zero-order valence-electron chi connectivity index (χ0n) is 29.7. The number of piperidine rings is 2. The second-order valence-corrected chi connectivity index (χ2v) is 14.7. The zero-order chi connectivity index (χ0) is 35.6. The molecule has 1 N–H and O–H groups in total. The van der Waals surface area contributed by atoms with E-state index in [1.807, 2.05) is 91.8 Å². The van der Waals surface area contributed by atoms with E-state index in [0.29, 0.717) is 57.6 Å². The molecule has 2 aliphatic heterocycles. The summed E-state index contributed by atoms with van der Waals surface area (Å²) in [6.07, 6.45) is 1.21. The molecule has 11 heteroatoms. The Morgan fingerprint density at radius 1 is 0.745 bits per heavy atom. The van der Waals surface area contributed by atoms with Crippen LogP contribution in [0.1, 0.15) is 83.9 Å². The van der Waals surface area contributed by atoms with Gasteiger partial charge in [0.1, 0.15) is 28.5 Å². The van der Waals surface area contributed by atoms with E-state index in [2.05, 4.69) is 15.9 Å². The van der Waals surface area contributed by atoms with Gasteiger partial charge in [0.15, 0.2) is 0 Å². The van der Waals surface area contributed by atoms with Gasteiger partial charge in [-0.25, -0.2) is 9.59 Å². The van der Waals surface area contributed by atoms with Crippen molar-refractivity contribution in [1.82, 2.24) is 9.80 Å². The lowest BCUT2D eigenvalue weighted by Crippen LogP contribution is -2.46. The molecule has 0 bridgehead atoms. The number of Topliss-reactive ketones (excluding diaryl/α,β-unsaturated/α-hetero) is 1. The molecule has 2 aromatic carbocycles. The van der Waals surface area contributed by atoms with Crippen LogP contribution in [0.5, 0.6) is 11.5 Å².